The standard InChI is InChI=1S/C14H23N5/c1-2-5-19-6-3-4-9-7-11-10(8-12(9)19)13(15)18-14(16)17-11/h9,12H,2-8H2,1H3,(H4,15,16,17,18). The number of likely N-dealkylation sites (tertiary alicyclic amines) is 1. The van der Waals surface area contributed by atoms with Crippen molar-refractivity contribution in [1.29, 1.82) is 0 Å². The summed E-state index contributed by atoms with van der Waals surface area (Å²) in [5.41, 5.74) is 14.0. The van der Waals surface area contributed by atoms with Crippen LogP contribution in [-0.4, -0.2) is 34.0 Å². The van der Waals surface area contributed by atoms with Gasteiger partial charge in [0.2, 0.25) is 5.95 Å². The van der Waals surface area contributed by atoms with Crippen LogP contribution in [0, 0.1) is 5.92 Å². The van der Waals surface area contributed by atoms with E-state index < -0.39 is 0 Å². The van der Waals surface area contributed by atoms with Gasteiger partial charge >= 0.3 is 0 Å². The molecular weight excluding hydrogens is 238 g/mol. The molecule has 2 atom stereocenters. The molecule has 1 aromatic heterocycles. The van der Waals surface area contributed by atoms with Crippen molar-refractivity contribution in [3.05, 3.63) is 11.3 Å². The number of piperidine rings is 1. The van der Waals surface area contributed by atoms with E-state index in [1.807, 2.05) is 0 Å². The number of anilines is 2. The number of rotatable bonds is 2. The molecule has 1 aliphatic heterocycles. The van der Waals surface area contributed by atoms with Gasteiger partial charge in [-0.25, -0.2) is 4.98 Å². The lowest BCUT2D eigenvalue weighted by atomic mass is 9.77. The molecule has 0 spiro atoms. The van der Waals surface area contributed by atoms with Crippen molar-refractivity contribution in [2.24, 2.45) is 5.92 Å². The smallest absolute Gasteiger partial charge is 0.222 e. The second-order valence-corrected chi connectivity index (χ2v) is 5.81. The van der Waals surface area contributed by atoms with E-state index in [0.29, 0.717) is 23.7 Å². The number of fused-ring (bicyclic) bond motifs is 2. The summed E-state index contributed by atoms with van der Waals surface area (Å²) in [6, 6.07) is 0.621. The minimum absolute atomic E-state index is 0.316. The number of hydrogen-bond donors (Lipinski definition) is 2. The van der Waals surface area contributed by atoms with Crippen molar-refractivity contribution in [3.8, 4) is 0 Å². The first-order valence-corrected chi connectivity index (χ1v) is 7.33. The zero-order chi connectivity index (χ0) is 13.4. The SMILES string of the molecule is CCCN1CCCC2Cc3nc(N)nc(N)c3CC21. The summed E-state index contributed by atoms with van der Waals surface area (Å²) in [4.78, 5) is 11.2. The van der Waals surface area contributed by atoms with E-state index in [2.05, 4.69) is 21.8 Å². The van der Waals surface area contributed by atoms with Crippen molar-refractivity contribution >= 4 is 11.8 Å². The van der Waals surface area contributed by atoms with Gasteiger partial charge in [0, 0.05) is 11.6 Å². The molecule has 104 valence electrons. The van der Waals surface area contributed by atoms with E-state index in [1.54, 1.807) is 0 Å². The van der Waals surface area contributed by atoms with Gasteiger partial charge < -0.3 is 11.5 Å². The van der Waals surface area contributed by atoms with Crippen LogP contribution in [0.15, 0.2) is 0 Å². The van der Waals surface area contributed by atoms with Gasteiger partial charge in [0.05, 0.1) is 5.69 Å². The molecule has 1 fully saturated rings. The molecule has 3 rings (SSSR count). The molecule has 1 aliphatic carbocycles. The van der Waals surface area contributed by atoms with Gasteiger partial charge in [0.25, 0.3) is 0 Å². The fourth-order valence-corrected chi connectivity index (χ4v) is 3.73. The zero-order valence-corrected chi connectivity index (χ0v) is 11.6. The molecule has 0 saturated carbocycles. The Morgan fingerprint density at radius 3 is 2.89 bits per heavy atom. The normalized spacial score (nSPS) is 26.8. The topological polar surface area (TPSA) is 81.1 Å². The first-order valence-electron chi connectivity index (χ1n) is 7.33. The van der Waals surface area contributed by atoms with E-state index in [9.17, 15) is 0 Å². The summed E-state index contributed by atoms with van der Waals surface area (Å²) >= 11 is 0. The van der Waals surface area contributed by atoms with Gasteiger partial charge in [0.15, 0.2) is 0 Å². The maximum atomic E-state index is 6.03. The third-order valence-electron chi connectivity index (χ3n) is 4.56. The van der Waals surface area contributed by atoms with Gasteiger partial charge in [-0.15, -0.1) is 0 Å². The molecule has 0 amide bonds. The highest BCUT2D eigenvalue weighted by Gasteiger charge is 2.36. The maximum absolute atomic E-state index is 6.03. The van der Waals surface area contributed by atoms with E-state index in [-0.39, 0.29) is 0 Å². The Morgan fingerprint density at radius 2 is 2.11 bits per heavy atom. The average Bonchev–Trinajstić information content (AvgIpc) is 2.37. The third-order valence-corrected chi connectivity index (χ3v) is 4.56. The number of aromatic nitrogens is 2. The summed E-state index contributed by atoms with van der Waals surface area (Å²) < 4.78 is 0. The van der Waals surface area contributed by atoms with Crippen molar-refractivity contribution in [2.75, 3.05) is 24.6 Å². The van der Waals surface area contributed by atoms with Gasteiger partial charge in [-0.2, -0.15) is 4.98 Å². The lowest BCUT2D eigenvalue weighted by Gasteiger charge is -2.44. The summed E-state index contributed by atoms with van der Waals surface area (Å²) in [6.07, 6.45) is 5.81. The highest BCUT2D eigenvalue weighted by Crippen LogP contribution is 2.36. The molecule has 5 heteroatoms. The minimum atomic E-state index is 0.316. The summed E-state index contributed by atoms with van der Waals surface area (Å²) in [6.45, 7) is 4.66. The van der Waals surface area contributed by atoms with E-state index in [1.165, 1.54) is 32.4 Å². The fraction of sp³-hybridized carbons (Fsp3) is 0.714. The molecule has 1 saturated heterocycles. The molecule has 19 heavy (non-hydrogen) atoms. The van der Waals surface area contributed by atoms with E-state index >= 15 is 0 Å². The van der Waals surface area contributed by atoms with Crippen molar-refractivity contribution in [2.45, 2.75) is 45.1 Å². The Balaban J connectivity index is 1.91. The zero-order valence-electron chi connectivity index (χ0n) is 11.6. The predicted octanol–water partition coefficient (Wildman–Crippen LogP) is 1.23. The quantitative estimate of drug-likeness (QED) is 0.837. The third kappa shape index (κ3) is 2.27. The Morgan fingerprint density at radius 1 is 1.26 bits per heavy atom. The summed E-state index contributed by atoms with van der Waals surface area (Å²) in [7, 11) is 0. The van der Waals surface area contributed by atoms with Crippen LogP contribution in [0.1, 0.15) is 37.4 Å². The van der Waals surface area contributed by atoms with Crippen LogP contribution in [0.3, 0.4) is 0 Å². The number of nitrogens with two attached hydrogens (primary N) is 2. The Labute approximate surface area is 114 Å². The summed E-state index contributed by atoms with van der Waals surface area (Å²) in [5.74, 6) is 1.61. The molecular formula is C14H23N5. The molecule has 0 aromatic carbocycles. The molecule has 5 nitrogen and oxygen atoms in total. The number of nitrogen functional groups attached to an aromatic ring is 2. The largest absolute Gasteiger partial charge is 0.383 e. The highest BCUT2D eigenvalue weighted by atomic mass is 15.2. The van der Waals surface area contributed by atoms with Crippen molar-refractivity contribution < 1.29 is 0 Å². The fourth-order valence-electron chi connectivity index (χ4n) is 3.73. The van der Waals surface area contributed by atoms with Crippen LogP contribution in [-0.2, 0) is 12.8 Å². The van der Waals surface area contributed by atoms with Crippen molar-refractivity contribution in [3.63, 3.8) is 0 Å². The van der Waals surface area contributed by atoms with Crippen LogP contribution < -0.4 is 11.5 Å². The monoisotopic (exact) mass is 261 g/mol. The van der Waals surface area contributed by atoms with Gasteiger partial charge in [0.1, 0.15) is 5.82 Å². The van der Waals surface area contributed by atoms with Crippen LogP contribution in [0.25, 0.3) is 0 Å². The predicted molar refractivity (Wildman–Crippen MR) is 76.6 cm³/mol. The first-order chi connectivity index (χ1) is 9.19. The van der Waals surface area contributed by atoms with Crippen molar-refractivity contribution in [1.82, 2.24) is 14.9 Å². The second kappa shape index (κ2) is 4.96. The van der Waals surface area contributed by atoms with Crippen LogP contribution >= 0.6 is 0 Å². The average molecular weight is 261 g/mol. The van der Waals surface area contributed by atoms with E-state index in [0.717, 1.165) is 24.1 Å². The lowest BCUT2D eigenvalue weighted by molar-refractivity contribution is 0.0847. The second-order valence-electron chi connectivity index (χ2n) is 5.81. The van der Waals surface area contributed by atoms with Gasteiger partial charge in [-0.3, -0.25) is 4.90 Å². The Hall–Kier alpha value is -1.36. The van der Waals surface area contributed by atoms with Gasteiger partial charge in [-0.05, 0) is 51.1 Å². The van der Waals surface area contributed by atoms with Crippen LogP contribution in [0.4, 0.5) is 11.8 Å². The lowest BCUT2D eigenvalue weighted by Crippen LogP contribution is -2.49. The number of nitrogens with zero attached hydrogens (tertiary/aromatic N) is 3. The Bertz CT molecular complexity index is 471. The van der Waals surface area contributed by atoms with Crippen LogP contribution in [0.5, 0.6) is 0 Å². The van der Waals surface area contributed by atoms with Gasteiger partial charge in [-0.1, -0.05) is 6.92 Å². The molecule has 4 N–H and O–H groups in total. The minimum Gasteiger partial charge on any atom is -0.383 e. The molecule has 0 bridgehead atoms. The number of hydrogen-bond acceptors (Lipinski definition) is 5. The molecule has 2 unspecified atom stereocenters. The molecule has 2 aliphatic rings. The van der Waals surface area contributed by atoms with Crippen LogP contribution in [0.2, 0.25) is 0 Å². The molecule has 2 heterocycles. The highest BCUT2D eigenvalue weighted by molar-refractivity contribution is 5.47. The van der Waals surface area contributed by atoms with E-state index in [4.69, 9.17) is 11.5 Å². The molecule has 0 radical (unpaired) electrons. The molecule has 1 aromatic rings. The summed E-state index contributed by atoms with van der Waals surface area (Å²) in [5, 5.41) is 0. The Kier molecular flexibility index (Phi) is 3.31. The maximum Gasteiger partial charge on any atom is 0.222 e. The first kappa shape index (κ1) is 12.7.